The number of sulfone groups is 1. The van der Waals surface area contributed by atoms with Crippen molar-refractivity contribution in [3.63, 3.8) is 0 Å². The Hall–Kier alpha value is -3.59. The van der Waals surface area contributed by atoms with Crippen molar-refractivity contribution in [1.82, 2.24) is 19.7 Å². The van der Waals surface area contributed by atoms with Gasteiger partial charge in [-0.25, -0.2) is 17.5 Å². The van der Waals surface area contributed by atoms with Gasteiger partial charge in [0.05, 0.1) is 34.1 Å². The fraction of sp³-hybridized carbons (Fsp3) is 0.136. The Morgan fingerprint density at radius 3 is 2.35 bits per heavy atom. The maximum atomic E-state index is 13.2. The second kappa shape index (κ2) is 7.92. The Morgan fingerprint density at radius 2 is 1.71 bits per heavy atom. The molecular weight excluding hydrogens is 419 g/mol. The Kier molecular flexibility index (Phi) is 5.28. The molecule has 4 aromatic rings. The van der Waals surface area contributed by atoms with Crippen molar-refractivity contribution < 1.29 is 17.6 Å². The van der Waals surface area contributed by atoms with Crippen LogP contribution >= 0.6 is 0 Å². The van der Waals surface area contributed by atoms with Gasteiger partial charge in [0.2, 0.25) is 0 Å². The number of halogens is 1. The minimum absolute atomic E-state index is 0.229. The number of pyridine rings is 1. The maximum absolute atomic E-state index is 13.2. The summed E-state index contributed by atoms with van der Waals surface area (Å²) in [5.41, 5.74) is 2.47. The molecule has 0 aliphatic carbocycles. The molecule has 2 aromatic heterocycles. The molecule has 0 spiro atoms. The van der Waals surface area contributed by atoms with Crippen LogP contribution < -0.4 is 0 Å². The van der Waals surface area contributed by atoms with E-state index in [1.54, 1.807) is 48.4 Å². The Balaban J connectivity index is 1.61. The summed E-state index contributed by atoms with van der Waals surface area (Å²) < 4.78 is 38.1. The third kappa shape index (κ3) is 4.17. The van der Waals surface area contributed by atoms with E-state index in [2.05, 4.69) is 10.1 Å². The van der Waals surface area contributed by atoms with Gasteiger partial charge in [-0.1, -0.05) is 12.1 Å². The summed E-state index contributed by atoms with van der Waals surface area (Å²) in [6, 6.07) is 12.3. The van der Waals surface area contributed by atoms with Crippen LogP contribution in [0.4, 0.5) is 4.39 Å². The highest BCUT2D eigenvalue weighted by molar-refractivity contribution is 7.90. The molecule has 0 N–H and O–H groups in total. The van der Waals surface area contributed by atoms with Gasteiger partial charge in [0.1, 0.15) is 5.82 Å². The molecule has 0 atom stereocenters. The molecule has 0 aliphatic rings. The predicted octanol–water partition coefficient (Wildman–Crippen LogP) is 3.24. The van der Waals surface area contributed by atoms with Crippen molar-refractivity contribution in [1.29, 1.82) is 0 Å². The zero-order chi connectivity index (χ0) is 22.2. The summed E-state index contributed by atoms with van der Waals surface area (Å²) in [6.45, 7) is 0.297. The van der Waals surface area contributed by atoms with Crippen LogP contribution in [0.25, 0.3) is 16.6 Å². The minimum atomic E-state index is -3.27. The predicted molar refractivity (Wildman–Crippen MR) is 114 cm³/mol. The lowest BCUT2D eigenvalue weighted by Crippen LogP contribution is -2.26. The van der Waals surface area contributed by atoms with Gasteiger partial charge in [0, 0.05) is 31.4 Å². The average Bonchev–Trinajstić information content (AvgIpc) is 3.18. The van der Waals surface area contributed by atoms with E-state index in [4.69, 9.17) is 0 Å². The lowest BCUT2D eigenvalue weighted by Gasteiger charge is -2.18. The van der Waals surface area contributed by atoms with Crippen LogP contribution in [-0.4, -0.2) is 47.3 Å². The van der Waals surface area contributed by atoms with Gasteiger partial charge >= 0.3 is 0 Å². The van der Waals surface area contributed by atoms with Gasteiger partial charge in [0.25, 0.3) is 5.91 Å². The lowest BCUT2D eigenvalue weighted by atomic mass is 10.1. The number of rotatable bonds is 5. The Bertz CT molecular complexity index is 1360. The molecule has 0 bridgehead atoms. The van der Waals surface area contributed by atoms with E-state index < -0.39 is 9.84 Å². The van der Waals surface area contributed by atoms with E-state index in [-0.39, 0.29) is 16.6 Å². The normalized spacial score (nSPS) is 11.6. The first-order valence-corrected chi connectivity index (χ1v) is 11.3. The molecule has 0 saturated heterocycles. The van der Waals surface area contributed by atoms with Crippen molar-refractivity contribution in [3.8, 4) is 5.69 Å². The molecular formula is C22H19FN4O3S. The highest BCUT2D eigenvalue weighted by atomic mass is 32.2. The average molecular weight is 438 g/mol. The second-order valence-electron chi connectivity index (χ2n) is 7.23. The number of aromatic nitrogens is 3. The molecule has 0 saturated carbocycles. The number of fused-ring (bicyclic) bond motifs is 1. The molecule has 2 aromatic carbocycles. The highest BCUT2D eigenvalue weighted by Crippen LogP contribution is 2.22. The summed E-state index contributed by atoms with van der Waals surface area (Å²) in [5, 5.41) is 4.97. The zero-order valence-electron chi connectivity index (χ0n) is 16.9. The van der Waals surface area contributed by atoms with Crippen molar-refractivity contribution in [2.45, 2.75) is 11.4 Å². The number of hydrogen-bond acceptors (Lipinski definition) is 5. The third-order valence-corrected chi connectivity index (χ3v) is 6.05. The van der Waals surface area contributed by atoms with Crippen molar-refractivity contribution in [3.05, 3.63) is 84.1 Å². The first kappa shape index (κ1) is 20.7. The van der Waals surface area contributed by atoms with Crippen LogP contribution in [0.5, 0.6) is 0 Å². The van der Waals surface area contributed by atoms with Gasteiger partial charge in [0.15, 0.2) is 9.84 Å². The fourth-order valence-electron chi connectivity index (χ4n) is 3.29. The van der Waals surface area contributed by atoms with Crippen LogP contribution in [0.1, 0.15) is 15.9 Å². The maximum Gasteiger partial charge on any atom is 0.256 e. The number of carbonyl (C=O) groups excluding carboxylic acids is 1. The fourth-order valence-corrected chi connectivity index (χ4v) is 3.92. The third-order valence-electron chi connectivity index (χ3n) is 4.92. The summed E-state index contributed by atoms with van der Waals surface area (Å²) in [7, 11) is -1.61. The Labute approximate surface area is 178 Å². The molecule has 2 heterocycles. The van der Waals surface area contributed by atoms with Crippen molar-refractivity contribution >= 4 is 26.6 Å². The van der Waals surface area contributed by atoms with E-state index in [1.807, 2.05) is 0 Å². The van der Waals surface area contributed by atoms with Crippen molar-refractivity contribution in [2.75, 3.05) is 13.3 Å². The molecule has 0 fully saturated rings. The summed E-state index contributed by atoms with van der Waals surface area (Å²) in [4.78, 5) is 19.0. The molecule has 9 heteroatoms. The first-order chi connectivity index (χ1) is 14.7. The van der Waals surface area contributed by atoms with E-state index >= 15 is 0 Å². The van der Waals surface area contributed by atoms with E-state index in [1.165, 1.54) is 35.4 Å². The van der Waals surface area contributed by atoms with Crippen LogP contribution in [-0.2, 0) is 16.4 Å². The largest absolute Gasteiger partial charge is 0.337 e. The van der Waals surface area contributed by atoms with E-state index in [0.29, 0.717) is 28.7 Å². The SMILES string of the molecule is CN(Cc1ccc(S(C)(=O)=O)cc1)C(=O)c1cncc2c1cnn2-c1ccc(F)cc1. The molecule has 4 rings (SSSR count). The molecule has 0 radical (unpaired) electrons. The number of benzene rings is 2. The van der Waals surface area contributed by atoms with Crippen LogP contribution in [0, 0.1) is 5.82 Å². The molecule has 7 nitrogen and oxygen atoms in total. The zero-order valence-corrected chi connectivity index (χ0v) is 17.7. The number of hydrogen-bond donors (Lipinski definition) is 0. The summed E-state index contributed by atoms with van der Waals surface area (Å²) in [6.07, 6.45) is 5.83. The van der Waals surface area contributed by atoms with Crippen LogP contribution in [0.3, 0.4) is 0 Å². The lowest BCUT2D eigenvalue weighted by molar-refractivity contribution is 0.0786. The first-order valence-electron chi connectivity index (χ1n) is 9.36. The van der Waals surface area contributed by atoms with Crippen molar-refractivity contribution in [2.24, 2.45) is 0 Å². The van der Waals surface area contributed by atoms with Gasteiger partial charge in [-0.3, -0.25) is 9.78 Å². The number of amides is 1. The quantitative estimate of drug-likeness (QED) is 0.478. The monoisotopic (exact) mass is 438 g/mol. The minimum Gasteiger partial charge on any atom is -0.337 e. The molecule has 1 amide bonds. The van der Waals surface area contributed by atoms with Gasteiger partial charge < -0.3 is 4.90 Å². The van der Waals surface area contributed by atoms with Crippen LogP contribution in [0.15, 0.2) is 72.0 Å². The van der Waals surface area contributed by atoms with Gasteiger partial charge in [-0.05, 0) is 42.0 Å². The molecule has 158 valence electrons. The molecule has 0 unspecified atom stereocenters. The van der Waals surface area contributed by atoms with E-state index in [9.17, 15) is 17.6 Å². The van der Waals surface area contributed by atoms with E-state index in [0.717, 1.165) is 11.8 Å². The highest BCUT2D eigenvalue weighted by Gasteiger charge is 2.18. The van der Waals surface area contributed by atoms with Gasteiger partial charge in [-0.2, -0.15) is 5.10 Å². The Morgan fingerprint density at radius 1 is 1.03 bits per heavy atom. The number of carbonyl (C=O) groups is 1. The second-order valence-corrected chi connectivity index (χ2v) is 9.25. The van der Waals surface area contributed by atoms with Gasteiger partial charge in [-0.15, -0.1) is 0 Å². The summed E-state index contributed by atoms with van der Waals surface area (Å²) >= 11 is 0. The molecule has 31 heavy (non-hydrogen) atoms. The van der Waals surface area contributed by atoms with Crippen LogP contribution in [0.2, 0.25) is 0 Å². The smallest absolute Gasteiger partial charge is 0.256 e. The number of nitrogens with zero attached hydrogens (tertiary/aromatic N) is 4. The summed E-state index contributed by atoms with van der Waals surface area (Å²) in [5.74, 6) is -0.593. The topological polar surface area (TPSA) is 85.2 Å². The standard InChI is InChI=1S/C22H19FN4O3S/c1-26(14-15-3-9-18(10-4-15)31(2,29)30)22(28)20-11-24-13-21-19(20)12-25-27(21)17-7-5-16(23)6-8-17/h3-13H,14H2,1-2H3. The molecule has 0 aliphatic heterocycles.